The van der Waals surface area contributed by atoms with Crippen molar-refractivity contribution in [3.05, 3.63) is 78.1 Å². The molecule has 0 atom stereocenters. The summed E-state index contributed by atoms with van der Waals surface area (Å²) in [5, 5.41) is 0. The van der Waals surface area contributed by atoms with E-state index in [9.17, 15) is 9.59 Å². The van der Waals surface area contributed by atoms with Gasteiger partial charge in [-0.1, -0.05) is 18.2 Å². The van der Waals surface area contributed by atoms with Crippen LogP contribution >= 0.6 is 0 Å². The van der Waals surface area contributed by atoms with Crippen LogP contribution in [0.4, 0.5) is 5.69 Å². The highest BCUT2D eigenvalue weighted by Crippen LogP contribution is 2.15. The molecule has 1 aromatic carbocycles. The lowest BCUT2D eigenvalue weighted by molar-refractivity contribution is -0.119. The Balaban J connectivity index is 0.000000269. The van der Waals surface area contributed by atoms with Crippen LogP contribution in [0.25, 0.3) is 11.4 Å². The Morgan fingerprint density at radius 3 is 2.27 bits per heavy atom. The summed E-state index contributed by atoms with van der Waals surface area (Å²) in [7, 11) is 0. The minimum atomic E-state index is -0.0504. The molecule has 1 saturated heterocycles. The molecule has 1 aliphatic rings. The van der Waals surface area contributed by atoms with Crippen LogP contribution in [0.15, 0.2) is 67.0 Å². The lowest BCUT2D eigenvalue weighted by atomic mass is 10.2. The summed E-state index contributed by atoms with van der Waals surface area (Å²) in [6, 6.07) is 17.0. The van der Waals surface area contributed by atoms with E-state index in [0.29, 0.717) is 31.7 Å². The zero-order valence-electron chi connectivity index (χ0n) is 16.9. The highest BCUT2D eigenvalue weighted by molar-refractivity contribution is 5.94. The van der Waals surface area contributed by atoms with Crippen LogP contribution in [0.5, 0.6) is 0 Å². The van der Waals surface area contributed by atoms with Gasteiger partial charge >= 0.3 is 0 Å². The van der Waals surface area contributed by atoms with Gasteiger partial charge in [-0.2, -0.15) is 0 Å². The Kier molecular flexibility index (Phi) is 7.10. The Morgan fingerprint density at radius 2 is 1.73 bits per heavy atom. The van der Waals surface area contributed by atoms with Crippen LogP contribution < -0.4 is 5.73 Å². The molecule has 7 heteroatoms. The van der Waals surface area contributed by atoms with Gasteiger partial charge in [0.25, 0.3) is 5.91 Å². The van der Waals surface area contributed by atoms with E-state index in [1.165, 1.54) is 5.56 Å². The SMILES string of the molecule is Cc1cccc(N)c1.O=CN1CCN(C(=O)c2ccc(-c3ccccn3)nc2)CC1. The Labute approximate surface area is 176 Å². The van der Waals surface area contributed by atoms with E-state index in [-0.39, 0.29) is 5.91 Å². The van der Waals surface area contributed by atoms with Crippen LogP contribution in [-0.2, 0) is 4.79 Å². The molecule has 1 fully saturated rings. The maximum absolute atomic E-state index is 12.4. The average Bonchev–Trinajstić information content (AvgIpc) is 2.80. The second-order valence-corrected chi connectivity index (χ2v) is 6.99. The molecule has 0 saturated carbocycles. The van der Waals surface area contributed by atoms with Gasteiger partial charge in [0.1, 0.15) is 0 Å². The number of nitrogen functional groups attached to an aromatic ring is 1. The molecule has 1 aliphatic heterocycles. The van der Waals surface area contributed by atoms with Gasteiger partial charge in [-0.15, -0.1) is 0 Å². The predicted octanol–water partition coefficient (Wildman–Crippen LogP) is 2.64. The zero-order chi connectivity index (χ0) is 21.3. The number of benzene rings is 1. The number of aromatic nitrogens is 2. The molecule has 0 radical (unpaired) electrons. The third-order valence-electron chi connectivity index (χ3n) is 4.73. The fourth-order valence-electron chi connectivity index (χ4n) is 3.07. The van der Waals surface area contributed by atoms with E-state index in [1.54, 1.807) is 34.3 Å². The molecular weight excluding hydrogens is 378 g/mol. The normalized spacial score (nSPS) is 13.2. The van der Waals surface area contributed by atoms with Gasteiger partial charge in [-0.25, -0.2) is 0 Å². The van der Waals surface area contributed by atoms with Crippen LogP contribution in [0.1, 0.15) is 15.9 Å². The standard InChI is InChI=1S/C16H16N4O2.C7H9N/c21-12-19-7-9-20(10-8-19)16(22)13-4-5-15(18-11-13)14-3-1-2-6-17-14;1-6-3-2-4-7(8)5-6/h1-6,11-12H,7-10H2;2-5H,8H2,1H3. The van der Waals surface area contributed by atoms with Crippen molar-refractivity contribution in [3.63, 3.8) is 0 Å². The lowest BCUT2D eigenvalue weighted by Gasteiger charge is -2.32. The number of nitrogens with two attached hydrogens (primary N) is 1. The molecule has 7 nitrogen and oxygen atoms in total. The van der Waals surface area contributed by atoms with Gasteiger partial charge in [-0.3, -0.25) is 19.6 Å². The maximum atomic E-state index is 12.4. The molecule has 2 aromatic heterocycles. The minimum Gasteiger partial charge on any atom is -0.399 e. The topological polar surface area (TPSA) is 92.4 Å². The molecule has 3 heterocycles. The second-order valence-electron chi connectivity index (χ2n) is 6.99. The third-order valence-corrected chi connectivity index (χ3v) is 4.73. The molecule has 2 amide bonds. The zero-order valence-corrected chi connectivity index (χ0v) is 16.9. The second kappa shape index (κ2) is 10.2. The molecule has 0 bridgehead atoms. The number of carbonyl (C=O) groups excluding carboxylic acids is 2. The lowest BCUT2D eigenvalue weighted by Crippen LogP contribution is -2.48. The number of piperazine rings is 1. The smallest absolute Gasteiger partial charge is 0.255 e. The largest absolute Gasteiger partial charge is 0.399 e. The summed E-state index contributed by atoms with van der Waals surface area (Å²) in [4.78, 5) is 35.1. The molecule has 3 aromatic rings. The number of nitrogens with zero attached hydrogens (tertiary/aromatic N) is 4. The van der Waals surface area contributed by atoms with Crippen LogP contribution in [0, 0.1) is 6.92 Å². The Hall–Kier alpha value is -3.74. The Bertz CT molecular complexity index is 951. The van der Waals surface area contributed by atoms with Crippen LogP contribution in [-0.4, -0.2) is 58.3 Å². The average molecular weight is 403 g/mol. The van der Waals surface area contributed by atoms with E-state index in [2.05, 4.69) is 9.97 Å². The van der Waals surface area contributed by atoms with Gasteiger partial charge in [0, 0.05) is 44.3 Å². The van der Waals surface area contributed by atoms with Crippen molar-refractivity contribution in [1.29, 1.82) is 0 Å². The molecule has 154 valence electrons. The van der Waals surface area contributed by atoms with Crippen LogP contribution in [0.3, 0.4) is 0 Å². The highest BCUT2D eigenvalue weighted by atomic mass is 16.2. The molecule has 0 unspecified atom stereocenters. The summed E-state index contributed by atoms with van der Waals surface area (Å²) >= 11 is 0. The summed E-state index contributed by atoms with van der Waals surface area (Å²) in [5.74, 6) is -0.0504. The van der Waals surface area contributed by atoms with E-state index >= 15 is 0 Å². The maximum Gasteiger partial charge on any atom is 0.255 e. The summed E-state index contributed by atoms with van der Waals surface area (Å²) in [6.45, 7) is 4.29. The highest BCUT2D eigenvalue weighted by Gasteiger charge is 2.21. The van der Waals surface area contributed by atoms with Crippen molar-refractivity contribution in [2.24, 2.45) is 0 Å². The monoisotopic (exact) mass is 403 g/mol. The quantitative estimate of drug-likeness (QED) is 0.536. The number of amides is 2. The van der Waals surface area contributed by atoms with Crippen molar-refractivity contribution >= 4 is 18.0 Å². The van der Waals surface area contributed by atoms with Crippen molar-refractivity contribution in [2.75, 3.05) is 31.9 Å². The minimum absolute atomic E-state index is 0.0504. The van der Waals surface area contributed by atoms with Crippen molar-refractivity contribution in [1.82, 2.24) is 19.8 Å². The van der Waals surface area contributed by atoms with Gasteiger partial charge < -0.3 is 15.5 Å². The number of anilines is 1. The molecular formula is C23H25N5O2. The number of carbonyl (C=O) groups is 2. The van der Waals surface area contributed by atoms with Crippen molar-refractivity contribution in [3.8, 4) is 11.4 Å². The summed E-state index contributed by atoms with van der Waals surface area (Å²) in [6.07, 6.45) is 4.12. The van der Waals surface area contributed by atoms with Gasteiger partial charge in [0.15, 0.2) is 0 Å². The fraction of sp³-hybridized carbons (Fsp3) is 0.217. The molecule has 0 spiro atoms. The van der Waals surface area contributed by atoms with Crippen molar-refractivity contribution in [2.45, 2.75) is 6.92 Å². The summed E-state index contributed by atoms with van der Waals surface area (Å²) in [5.41, 5.74) is 9.58. The van der Waals surface area contributed by atoms with E-state index in [1.807, 2.05) is 49.4 Å². The van der Waals surface area contributed by atoms with E-state index in [0.717, 1.165) is 23.5 Å². The molecule has 4 rings (SSSR count). The number of hydrogen-bond acceptors (Lipinski definition) is 5. The summed E-state index contributed by atoms with van der Waals surface area (Å²) < 4.78 is 0. The predicted molar refractivity (Wildman–Crippen MR) is 117 cm³/mol. The third kappa shape index (κ3) is 5.64. The van der Waals surface area contributed by atoms with Crippen molar-refractivity contribution < 1.29 is 9.59 Å². The molecule has 2 N–H and O–H groups in total. The first-order chi connectivity index (χ1) is 14.6. The molecule has 30 heavy (non-hydrogen) atoms. The Morgan fingerprint density at radius 1 is 0.967 bits per heavy atom. The number of hydrogen-bond donors (Lipinski definition) is 1. The van der Waals surface area contributed by atoms with Crippen LogP contribution in [0.2, 0.25) is 0 Å². The first kappa shape index (κ1) is 21.0. The number of rotatable bonds is 3. The van der Waals surface area contributed by atoms with Gasteiger partial charge in [0.05, 0.1) is 17.0 Å². The van der Waals surface area contributed by atoms with E-state index < -0.39 is 0 Å². The number of aryl methyl sites for hydroxylation is 1. The van der Waals surface area contributed by atoms with E-state index in [4.69, 9.17) is 5.73 Å². The van der Waals surface area contributed by atoms with Gasteiger partial charge in [-0.05, 0) is 48.9 Å². The first-order valence-corrected chi connectivity index (χ1v) is 9.75. The first-order valence-electron chi connectivity index (χ1n) is 9.75. The van der Waals surface area contributed by atoms with Gasteiger partial charge in [0.2, 0.25) is 6.41 Å². The fourth-order valence-corrected chi connectivity index (χ4v) is 3.07. The number of pyridine rings is 2. The molecule has 0 aliphatic carbocycles.